The summed E-state index contributed by atoms with van der Waals surface area (Å²) in [5, 5.41) is 10.7. The summed E-state index contributed by atoms with van der Waals surface area (Å²) in [6, 6.07) is 0. The molecule has 0 aliphatic carbocycles. The van der Waals surface area contributed by atoms with Crippen LogP contribution in [0.2, 0.25) is 0 Å². The zero-order valence-corrected chi connectivity index (χ0v) is 7.67. The number of rotatable bonds is 2. The Kier molecular flexibility index (Phi) is 2.59. The lowest BCUT2D eigenvalue weighted by Gasteiger charge is -2.22. The number of hydrogen-bond donors (Lipinski definition) is 2. The van der Waals surface area contributed by atoms with Crippen LogP contribution in [-0.2, 0) is 14.3 Å². The van der Waals surface area contributed by atoms with E-state index in [9.17, 15) is 14.7 Å². The van der Waals surface area contributed by atoms with Crippen molar-refractivity contribution in [3.8, 4) is 0 Å². The van der Waals surface area contributed by atoms with Gasteiger partial charge in [-0.1, -0.05) is 12.2 Å². The third-order valence-corrected chi connectivity index (χ3v) is 2.50. The van der Waals surface area contributed by atoms with E-state index in [1.165, 1.54) is 0 Å². The first-order valence-electron chi connectivity index (χ1n) is 3.95. The lowest BCUT2D eigenvalue weighted by atomic mass is 9.83. The van der Waals surface area contributed by atoms with Gasteiger partial charge >= 0.3 is 0 Å². The van der Waals surface area contributed by atoms with E-state index in [0.29, 0.717) is 0 Å². The molecule has 6 nitrogen and oxygen atoms in total. The van der Waals surface area contributed by atoms with Crippen LogP contribution in [0.15, 0.2) is 12.2 Å². The van der Waals surface area contributed by atoms with Crippen molar-refractivity contribution in [2.45, 2.75) is 12.2 Å². The van der Waals surface area contributed by atoms with Gasteiger partial charge in [-0.15, -0.1) is 0 Å². The second kappa shape index (κ2) is 3.39. The van der Waals surface area contributed by atoms with Crippen molar-refractivity contribution in [2.24, 2.45) is 17.6 Å². The topological polar surface area (TPSA) is 129 Å². The minimum Gasteiger partial charge on any atom is -0.550 e. The van der Waals surface area contributed by atoms with E-state index in [-0.39, 0.29) is 6.15 Å². The number of quaternary nitrogens is 1. The van der Waals surface area contributed by atoms with Crippen LogP contribution in [-0.4, -0.2) is 24.1 Å². The second-order valence-corrected chi connectivity index (χ2v) is 3.22. The van der Waals surface area contributed by atoms with Crippen LogP contribution in [0.25, 0.3) is 0 Å². The van der Waals surface area contributed by atoms with Gasteiger partial charge in [0.05, 0.1) is 18.1 Å². The predicted octanol–water partition coefficient (Wildman–Crippen LogP) is -1.83. The summed E-state index contributed by atoms with van der Waals surface area (Å²) in [7, 11) is 0. The summed E-state index contributed by atoms with van der Waals surface area (Å²) >= 11 is 0. The standard InChI is InChI=1S/C8H9NO4.H3N/c9-7(10)5-3-1-2-4(13-3)6(5)8(11)12;/h1-6H,(H2,9,10)(H,11,12);1H3/t3-,4+,5-,6+;/m1./s1. The van der Waals surface area contributed by atoms with Crippen LogP contribution in [0.4, 0.5) is 0 Å². The summed E-state index contributed by atoms with van der Waals surface area (Å²) < 4.78 is 5.19. The van der Waals surface area contributed by atoms with Gasteiger partial charge in [-0.2, -0.15) is 0 Å². The van der Waals surface area contributed by atoms with Crippen molar-refractivity contribution < 1.29 is 19.4 Å². The Balaban J connectivity index is 0.000000980. The number of carbonyl (C=O) groups excluding carboxylic acids is 2. The number of carbonyl (C=O) groups is 2. The highest BCUT2D eigenvalue weighted by Gasteiger charge is 2.49. The smallest absolute Gasteiger partial charge is 0.224 e. The van der Waals surface area contributed by atoms with E-state index in [1.807, 2.05) is 0 Å². The molecule has 1 fully saturated rings. The first-order valence-corrected chi connectivity index (χ1v) is 3.95. The molecular weight excluding hydrogens is 188 g/mol. The maximum atomic E-state index is 10.9. The minimum absolute atomic E-state index is 0. The molecule has 1 amide bonds. The molecule has 2 aliphatic rings. The molecule has 78 valence electrons. The first kappa shape index (κ1) is 10.7. The highest BCUT2D eigenvalue weighted by atomic mass is 16.5. The number of hydrogen-bond acceptors (Lipinski definition) is 4. The highest BCUT2D eigenvalue weighted by Crippen LogP contribution is 2.38. The van der Waals surface area contributed by atoms with Gasteiger partial charge in [-0.25, -0.2) is 0 Å². The van der Waals surface area contributed by atoms with Crippen molar-refractivity contribution in [3.05, 3.63) is 12.2 Å². The normalized spacial score (nSPS) is 38.0. The molecule has 0 aromatic rings. The summed E-state index contributed by atoms with van der Waals surface area (Å²) in [5.41, 5.74) is 5.07. The number of ether oxygens (including phenoxy) is 1. The molecule has 0 unspecified atom stereocenters. The van der Waals surface area contributed by atoms with Gasteiger partial charge in [0.1, 0.15) is 0 Å². The van der Waals surface area contributed by atoms with Crippen LogP contribution in [0.3, 0.4) is 0 Å². The van der Waals surface area contributed by atoms with Gasteiger partial charge < -0.3 is 26.5 Å². The van der Waals surface area contributed by atoms with Gasteiger partial charge in [0.15, 0.2) is 0 Å². The number of fused-ring (bicyclic) bond motifs is 2. The fourth-order valence-corrected chi connectivity index (χ4v) is 1.93. The zero-order valence-electron chi connectivity index (χ0n) is 7.67. The van der Waals surface area contributed by atoms with E-state index in [4.69, 9.17) is 10.5 Å². The maximum absolute atomic E-state index is 10.9. The molecule has 0 spiro atoms. The van der Waals surface area contributed by atoms with Crippen LogP contribution in [0.1, 0.15) is 0 Å². The van der Waals surface area contributed by atoms with E-state index in [2.05, 4.69) is 0 Å². The van der Waals surface area contributed by atoms with Gasteiger partial charge in [-0.3, -0.25) is 4.79 Å². The quantitative estimate of drug-likeness (QED) is 0.507. The zero-order chi connectivity index (χ0) is 9.59. The Morgan fingerprint density at radius 3 is 2.07 bits per heavy atom. The fraction of sp³-hybridized carbons (Fsp3) is 0.500. The lowest BCUT2D eigenvalue weighted by Crippen LogP contribution is -2.45. The fourth-order valence-electron chi connectivity index (χ4n) is 1.93. The Bertz CT molecular complexity index is 274. The molecule has 0 aromatic carbocycles. The summed E-state index contributed by atoms with van der Waals surface area (Å²) in [4.78, 5) is 21.6. The molecule has 2 aliphatic heterocycles. The summed E-state index contributed by atoms with van der Waals surface area (Å²) in [5.74, 6) is -3.63. The Hall–Kier alpha value is -1.40. The molecule has 4 atom stereocenters. The van der Waals surface area contributed by atoms with Crippen molar-refractivity contribution in [2.75, 3.05) is 0 Å². The average Bonchev–Trinajstić information content (AvgIpc) is 2.60. The molecule has 14 heavy (non-hydrogen) atoms. The number of nitrogens with two attached hydrogens (primary N) is 1. The Morgan fingerprint density at radius 2 is 1.71 bits per heavy atom. The molecule has 2 heterocycles. The van der Waals surface area contributed by atoms with Gasteiger partial charge in [0.2, 0.25) is 5.91 Å². The highest BCUT2D eigenvalue weighted by molar-refractivity contribution is 5.85. The number of amides is 1. The summed E-state index contributed by atoms with van der Waals surface area (Å²) in [6.45, 7) is 0. The third-order valence-electron chi connectivity index (χ3n) is 2.50. The molecule has 6 N–H and O–H groups in total. The van der Waals surface area contributed by atoms with Gasteiger partial charge in [0, 0.05) is 11.9 Å². The molecular formula is C8H12N2O4. The maximum Gasteiger partial charge on any atom is 0.224 e. The number of carboxylic acid groups (broad SMARTS) is 1. The molecule has 0 saturated carbocycles. The number of primary amides is 1. The van der Waals surface area contributed by atoms with Crippen LogP contribution in [0.5, 0.6) is 0 Å². The van der Waals surface area contributed by atoms with Crippen molar-refractivity contribution in [1.29, 1.82) is 0 Å². The van der Waals surface area contributed by atoms with E-state index < -0.39 is 35.9 Å². The van der Waals surface area contributed by atoms with Gasteiger partial charge in [0.25, 0.3) is 0 Å². The predicted molar refractivity (Wildman–Crippen MR) is 45.0 cm³/mol. The number of aliphatic carboxylic acids is 1. The molecule has 2 bridgehead atoms. The van der Waals surface area contributed by atoms with Crippen molar-refractivity contribution in [3.63, 3.8) is 0 Å². The molecule has 6 heteroatoms. The molecule has 1 saturated heterocycles. The monoisotopic (exact) mass is 200 g/mol. The van der Waals surface area contributed by atoms with E-state index >= 15 is 0 Å². The van der Waals surface area contributed by atoms with E-state index in [1.54, 1.807) is 12.2 Å². The minimum atomic E-state index is -1.28. The van der Waals surface area contributed by atoms with Crippen molar-refractivity contribution in [1.82, 2.24) is 6.15 Å². The van der Waals surface area contributed by atoms with Crippen LogP contribution >= 0.6 is 0 Å². The van der Waals surface area contributed by atoms with Crippen molar-refractivity contribution >= 4 is 11.9 Å². The average molecular weight is 200 g/mol. The second-order valence-electron chi connectivity index (χ2n) is 3.22. The largest absolute Gasteiger partial charge is 0.550 e. The van der Waals surface area contributed by atoms with Crippen LogP contribution in [0, 0.1) is 11.8 Å². The Morgan fingerprint density at radius 1 is 1.21 bits per heavy atom. The summed E-state index contributed by atoms with van der Waals surface area (Å²) in [6.07, 6.45) is 2.27. The SMILES string of the molecule is NC(=O)[C@H]1[C@@H](C(=O)[O-])[C@@H]2C=C[C@H]1O2.[NH4+]. The Labute approximate surface area is 80.3 Å². The van der Waals surface area contributed by atoms with Gasteiger partial charge in [-0.05, 0) is 0 Å². The number of carboxylic acids is 1. The molecule has 0 aromatic heterocycles. The van der Waals surface area contributed by atoms with E-state index in [0.717, 1.165) is 0 Å². The third kappa shape index (κ3) is 1.28. The van der Waals surface area contributed by atoms with Crippen LogP contribution < -0.4 is 17.0 Å². The first-order chi connectivity index (χ1) is 6.11. The lowest BCUT2D eigenvalue weighted by molar-refractivity contribution is -0.313. The molecule has 0 radical (unpaired) electrons. The molecule has 2 rings (SSSR count).